The molecule has 0 saturated carbocycles. The lowest BCUT2D eigenvalue weighted by molar-refractivity contribution is 0.497. The van der Waals surface area contributed by atoms with Gasteiger partial charge in [0.05, 0.1) is 6.20 Å². The molecule has 24 heavy (non-hydrogen) atoms. The van der Waals surface area contributed by atoms with Crippen molar-refractivity contribution >= 4 is 5.82 Å². The summed E-state index contributed by atoms with van der Waals surface area (Å²) in [7, 11) is 0. The van der Waals surface area contributed by atoms with Gasteiger partial charge in [0.15, 0.2) is 0 Å². The van der Waals surface area contributed by atoms with Crippen LogP contribution in [-0.2, 0) is 0 Å². The first-order valence-electron chi connectivity index (χ1n) is 8.29. The zero-order valence-corrected chi connectivity index (χ0v) is 13.7. The van der Waals surface area contributed by atoms with Gasteiger partial charge < -0.3 is 4.90 Å². The van der Waals surface area contributed by atoms with Crippen molar-refractivity contribution in [3.8, 4) is 5.82 Å². The SMILES string of the molecule is Cc1nccn1-c1cccc(C2CCCN(c3cnccn3)C2)n1. The number of hydrogen-bond acceptors (Lipinski definition) is 5. The predicted octanol–water partition coefficient (Wildman–Crippen LogP) is 2.75. The summed E-state index contributed by atoms with van der Waals surface area (Å²) in [5.41, 5.74) is 1.13. The fourth-order valence-electron chi connectivity index (χ4n) is 3.30. The van der Waals surface area contributed by atoms with Crippen LogP contribution in [0.2, 0.25) is 0 Å². The zero-order valence-electron chi connectivity index (χ0n) is 13.7. The monoisotopic (exact) mass is 320 g/mol. The van der Waals surface area contributed by atoms with Gasteiger partial charge in [0.25, 0.3) is 0 Å². The van der Waals surface area contributed by atoms with E-state index in [0.717, 1.165) is 49.1 Å². The molecule has 0 amide bonds. The lowest BCUT2D eigenvalue weighted by atomic mass is 9.94. The lowest BCUT2D eigenvalue weighted by Crippen LogP contribution is -2.35. The second kappa shape index (κ2) is 6.39. The van der Waals surface area contributed by atoms with Crippen LogP contribution in [0.1, 0.15) is 30.3 Å². The molecular formula is C18H20N6. The summed E-state index contributed by atoms with van der Waals surface area (Å²) < 4.78 is 2.02. The Balaban J connectivity index is 1.58. The van der Waals surface area contributed by atoms with Crippen LogP contribution < -0.4 is 4.90 Å². The van der Waals surface area contributed by atoms with Crippen molar-refractivity contribution in [3.05, 3.63) is 60.7 Å². The molecule has 122 valence electrons. The standard InChI is InChI=1S/C18H20N6/c1-14-20-9-11-24(14)17-6-2-5-16(22-17)15-4-3-10-23(13-15)18-12-19-7-8-21-18/h2,5-9,11-12,15H,3-4,10,13H2,1H3. The summed E-state index contributed by atoms with van der Waals surface area (Å²) in [6.45, 7) is 3.94. The fourth-order valence-corrected chi connectivity index (χ4v) is 3.30. The van der Waals surface area contributed by atoms with Crippen LogP contribution in [-0.4, -0.2) is 37.6 Å². The van der Waals surface area contributed by atoms with Crippen molar-refractivity contribution in [2.75, 3.05) is 18.0 Å². The fraction of sp³-hybridized carbons (Fsp3) is 0.333. The van der Waals surface area contributed by atoms with Crippen molar-refractivity contribution in [2.45, 2.75) is 25.7 Å². The van der Waals surface area contributed by atoms with Crippen LogP contribution in [0.4, 0.5) is 5.82 Å². The third kappa shape index (κ3) is 2.87. The number of rotatable bonds is 3. The molecule has 0 radical (unpaired) electrons. The zero-order chi connectivity index (χ0) is 16.4. The van der Waals surface area contributed by atoms with Crippen LogP contribution in [0.15, 0.2) is 49.2 Å². The summed E-state index contributed by atoms with van der Waals surface area (Å²) in [6.07, 6.45) is 11.3. The van der Waals surface area contributed by atoms with Crippen LogP contribution >= 0.6 is 0 Å². The molecule has 1 aliphatic rings. The van der Waals surface area contributed by atoms with Gasteiger partial charge in [-0.05, 0) is 31.9 Å². The molecule has 0 aliphatic carbocycles. The van der Waals surface area contributed by atoms with Gasteiger partial charge >= 0.3 is 0 Å². The van der Waals surface area contributed by atoms with E-state index in [4.69, 9.17) is 4.98 Å². The number of pyridine rings is 1. The molecule has 0 bridgehead atoms. The molecule has 0 aromatic carbocycles. The topological polar surface area (TPSA) is 59.7 Å². The Morgan fingerprint density at radius 2 is 2.04 bits per heavy atom. The highest BCUT2D eigenvalue weighted by molar-refractivity contribution is 5.37. The molecule has 1 saturated heterocycles. The molecule has 0 spiro atoms. The molecule has 4 heterocycles. The van der Waals surface area contributed by atoms with Crippen molar-refractivity contribution in [2.24, 2.45) is 0 Å². The highest BCUT2D eigenvalue weighted by Gasteiger charge is 2.23. The van der Waals surface area contributed by atoms with E-state index in [0.29, 0.717) is 5.92 Å². The Labute approximate surface area is 141 Å². The third-order valence-electron chi connectivity index (χ3n) is 4.54. The van der Waals surface area contributed by atoms with E-state index in [1.54, 1.807) is 18.6 Å². The second-order valence-electron chi connectivity index (χ2n) is 6.11. The van der Waals surface area contributed by atoms with Gasteiger partial charge in [0.2, 0.25) is 0 Å². The molecule has 0 N–H and O–H groups in total. The maximum Gasteiger partial charge on any atom is 0.147 e. The average molecular weight is 320 g/mol. The van der Waals surface area contributed by atoms with Gasteiger partial charge in [0.1, 0.15) is 17.5 Å². The lowest BCUT2D eigenvalue weighted by Gasteiger charge is -2.33. The molecular weight excluding hydrogens is 300 g/mol. The molecule has 3 aromatic rings. The number of piperidine rings is 1. The van der Waals surface area contributed by atoms with E-state index in [1.165, 1.54) is 0 Å². The first kappa shape index (κ1) is 14.8. The van der Waals surface area contributed by atoms with E-state index in [1.807, 2.05) is 30.0 Å². The molecule has 1 aliphatic heterocycles. The van der Waals surface area contributed by atoms with Crippen LogP contribution in [0.5, 0.6) is 0 Å². The first-order chi connectivity index (χ1) is 11.8. The smallest absolute Gasteiger partial charge is 0.147 e. The van der Waals surface area contributed by atoms with Crippen LogP contribution in [0, 0.1) is 6.92 Å². The van der Waals surface area contributed by atoms with Gasteiger partial charge in [-0.2, -0.15) is 0 Å². The maximum atomic E-state index is 4.89. The molecule has 4 rings (SSSR count). The molecule has 1 atom stereocenters. The van der Waals surface area contributed by atoms with E-state index < -0.39 is 0 Å². The first-order valence-corrected chi connectivity index (χ1v) is 8.29. The van der Waals surface area contributed by atoms with Gasteiger partial charge in [0, 0.05) is 49.5 Å². The van der Waals surface area contributed by atoms with Crippen molar-refractivity contribution < 1.29 is 0 Å². The minimum Gasteiger partial charge on any atom is -0.355 e. The maximum absolute atomic E-state index is 4.89. The number of imidazole rings is 1. The van der Waals surface area contributed by atoms with Crippen molar-refractivity contribution in [1.29, 1.82) is 0 Å². The highest BCUT2D eigenvalue weighted by Crippen LogP contribution is 2.28. The Kier molecular flexibility index (Phi) is 3.94. The molecule has 6 heteroatoms. The summed E-state index contributed by atoms with van der Waals surface area (Å²) >= 11 is 0. The van der Waals surface area contributed by atoms with Crippen molar-refractivity contribution in [1.82, 2.24) is 24.5 Å². The molecule has 1 unspecified atom stereocenters. The van der Waals surface area contributed by atoms with E-state index in [-0.39, 0.29) is 0 Å². The summed E-state index contributed by atoms with van der Waals surface area (Å²) in [5, 5.41) is 0. The number of anilines is 1. The summed E-state index contributed by atoms with van der Waals surface area (Å²) in [4.78, 5) is 20.1. The summed E-state index contributed by atoms with van der Waals surface area (Å²) in [5.74, 6) is 3.23. The van der Waals surface area contributed by atoms with Crippen molar-refractivity contribution in [3.63, 3.8) is 0 Å². The number of aryl methyl sites for hydroxylation is 1. The molecule has 3 aromatic heterocycles. The van der Waals surface area contributed by atoms with Gasteiger partial charge in [-0.3, -0.25) is 9.55 Å². The molecule has 6 nitrogen and oxygen atoms in total. The van der Waals surface area contributed by atoms with Gasteiger partial charge in [-0.15, -0.1) is 0 Å². The minimum atomic E-state index is 0.407. The van der Waals surface area contributed by atoms with Gasteiger partial charge in [-0.1, -0.05) is 6.07 Å². The summed E-state index contributed by atoms with van der Waals surface area (Å²) in [6, 6.07) is 6.24. The highest BCUT2D eigenvalue weighted by atomic mass is 15.2. The molecule has 1 fully saturated rings. The normalized spacial score (nSPS) is 17.9. The quantitative estimate of drug-likeness (QED) is 0.742. The van der Waals surface area contributed by atoms with Gasteiger partial charge in [-0.25, -0.2) is 15.0 Å². The third-order valence-corrected chi connectivity index (χ3v) is 4.54. The van der Waals surface area contributed by atoms with E-state index in [9.17, 15) is 0 Å². The number of aromatic nitrogens is 5. The minimum absolute atomic E-state index is 0.407. The largest absolute Gasteiger partial charge is 0.355 e. The van der Waals surface area contributed by atoms with Crippen LogP contribution in [0.3, 0.4) is 0 Å². The predicted molar refractivity (Wildman–Crippen MR) is 92.3 cm³/mol. The second-order valence-corrected chi connectivity index (χ2v) is 6.11. The Morgan fingerprint density at radius 3 is 2.83 bits per heavy atom. The Morgan fingerprint density at radius 1 is 1.08 bits per heavy atom. The Hall–Kier alpha value is -2.76. The van der Waals surface area contributed by atoms with E-state index in [2.05, 4.69) is 32.0 Å². The number of nitrogens with zero attached hydrogens (tertiary/aromatic N) is 6. The van der Waals surface area contributed by atoms with E-state index >= 15 is 0 Å². The average Bonchev–Trinajstić information content (AvgIpc) is 3.09. The van der Waals surface area contributed by atoms with Crippen LogP contribution in [0.25, 0.3) is 5.82 Å². The Bertz CT molecular complexity index is 813. The number of hydrogen-bond donors (Lipinski definition) is 0.